The Balaban J connectivity index is 2.82. The smallest absolute Gasteiger partial charge is 0.326 e. The zero-order chi connectivity index (χ0) is 13.1. The first-order valence-corrected chi connectivity index (χ1v) is 7.38. The summed E-state index contributed by atoms with van der Waals surface area (Å²) in [6.45, 7) is 9.59. The molecule has 3 nitrogen and oxygen atoms in total. The van der Waals surface area contributed by atoms with Gasteiger partial charge in [0.1, 0.15) is 5.54 Å². The van der Waals surface area contributed by atoms with Crippen LogP contribution in [0.3, 0.4) is 0 Å². The normalized spacial score (nSPS) is 28.1. The number of hydrogen-bond acceptors (Lipinski definition) is 4. The Labute approximate surface area is 109 Å². The van der Waals surface area contributed by atoms with Crippen molar-refractivity contribution in [3.63, 3.8) is 0 Å². The molecule has 0 aromatic carbocycles. The molecule has 0 spiro atoms. The van der Waals surface area contributed by atoms with Gasteiger partial charge < -0.3 is 10.1 Å². The van der Waals surface area contributed by atoms with Crippen LogP contribution in [-0.4, -0.2) is 36.7 Å². The highest BCUT2D eigenvalue weighted by Crippen LogP contribution is 2.39. The second kappa shape index (κ2) is 5.61. The van der Waals surface area contributed by atoms with Gasteiger partial charge >= 0.3 is 5.97 Å². The van der Waals surface area contributed by atoms with Gasteiger partial charge in [0.2, 0.25) is 0 Å². The molecule has 1 rings (SSSR count). The fourth-order valence-electron chi connectivity index (χ4n) is 2.33. The largest absolute Gasteiger partial charge is 0.468 e. The summed E-state index contributed by atoms with van der Waals surface area (Å²) in [5.41, 5.74) is -0.313. The molecule has 1 aliphatic rings. The SMILES string of the molecule is COC(=O)C1(NCC(C)C)CSCC(C)(C)C1. The molecule has 1 N–H and O–H groups in total. The zero-order valence-corrected chi connectivity index (χ0v) is 12.4. The summed E-state index contributed by atoms with van der Waals surface area (Å²) in [6.07, 6.45) is 0.854. The average Bonchev–Trinajstić information content (AvgIpc) is 2.24. The molecule has 0 aromatic heterocycles. The lowest BCUT2D eigenvalue weighted by atomic mass is 9.79. The Hall–Kier alpha value is -0.220. The highest BCUT2D eigenvalue weighted by molar-refractivity contribution is 7.99. The Kier molecular flexibility index (Phi) is 4.90. The Bertz CT molecular complexity index is 279. The summed E-state index contributed by atoms with van der Waals surface area (Å²) in [4.78, 5) is 12.1. The molecule has 100 valence electrons. The molecule has 0 aromatic rings. The van der Waals surface area contributed by atoms with Crippen LogP contribution in [0.1, 0.15) is 34.1 Å². The van der Waals surface area contributed by atoms with Crippen LogP contribution < -0.4 is 5.32 Å². The third-order valence-electron chi connectivity index (χ3n) is 3.05. The third kappa shape index (κ3) is 3.88. The van der Waals surface area contributed by atoms with Gasteiger partial charge in [-0.15, -0.1) is 0 Å². The highest BCUT2D eigenvalue weighted by atomic mass is 32.2. The second-order valence-corrected chi connectivity index (χ2v) is 7.17. The minimum atomic E-state index is -0.495. The maximum atomic E-state index is 12.1. The number of ether oxygens (including phenoxy) is 1. The van der Waals surface area contributed by atoms with Crippen molar-refractivity contribution < 1.29 is 9.53 Å². The minimum Gasteiger partial charge on any atom is -0.468 e. The monoisotopic (exact) mass is 259 g/mol. The first-order valence-electron chi connectivity index (χ1n) is 6.22. The lowest BCUT2D eigenvalue weighted by molar-refractivity contribution is -0.149. The molecule has 1 unspecified atom stereocenters. The molecule has 17 heavy (non-hydrogen) atoms. The number of carbonyl (C=O) groups excluding carboxylic acids is 1. The summed E-state index contributed by atoms with van der Waals surface area (Å²) in [7, 11) is 1.48. The van der Waals surface area contributed by atoms with E-state index in [0.29, 0.717) is 5.92 Å². The maximum absolute atomic E-state index is 12.1. The van der Waals surface area contributed by atoms with E-state index in [9.17, 15) is 4.79 Å². The van der Waals surface area contributed by atoms with Gasteiger partial charge in [-0.1, -0.05) is 27.7 Å². The van der Waals surface area contributed by atoms with Gasteiger partial charge in [0.05, 0.1) is 7.11 Å². The number of rotatable bonds is 4. The van der Waals surface area contributed by atoms with Crippen molar-refractivity contribution in [2.75, 3.05) is 25.2 Å². The fourth-order valence-corrected chi connectivity index (χ4v) is 3.76. The minimum absolute atomic E-state index is 0.113. The van der Waals surface area contributed by atoms with Gasteiger partial charge in [-0.3, -0.25) is 4.79 Å². The quantitative estimate of drug-likeness (QED) is 0.786. The van der Waals surface area contributed by atoms with Crippen molar-refractivity contribution in [2.45, 2.75) is 39.7 Å². The predicted octanol–water partition coefficient (Wildman–Crippen LogP) is 2.31. The van der Waals surface area contributed by atoms with E-state index in [1.165, 1.54) is 7.11 Å². The molecule has 0 aliphatic carbocycles. The van der Waals surface area contributed by atoms with E-state index in [4.69, 9.17) is 4.74 Å². The number of nitrogens with one attached hydrogen (secondary N) is 1. The lowest BCUT2D eigenvalue weighted by Crippen LogP contribution is -2.60. The van der Waals surface area contributed by atoms with Crippen LogP contribution >= 0.6 is 11.8 Å². The molecule has 1 atom stereocenters. The van der Waals surface area contributed by atoms with Crippen LogP contribution in [-0.2, 0) is 9.53 Å². The van der Waals surface area contributed by atoms with E-state index in [0.717, 1.165) is 24.5 Å². The van der Waals surface area contributed by atoms with Crippen LogP contribution in [0.15, 0.2) is 0 Å². The Morgan fingerprint density at radius 1 is 1.41 bits per heavy atom. The molecule has 1 aliphatic heterocycles. The van der Waals surface area contributed by atoms with Gasteiger partial charge in [-0.2, -0.15) is 11.8 Å². The number of esters is 1. The van der Waals surface area contributed by atoms with Gasteiger partial charge in [-0.05, 0) is 30.1 Å². The molecule has 1 fully saturated rings. The standard InChI is InChI=1S/C13H25NO2S/c1-10(2)6-14-13(11(15)16-5)7-12(3,4)8-17-9-13/h10,14H,6-9H2,1-5H3. The Morgan fingerprint density at radius 2 is 2.06 bits per heavy atom. The zero-order valence-electron chi connectivity index (χ0n) is 11.6. The molecule has 4 heteroatoms. The van der Waals surface area contributed by atoms with E-state index < -0.39 is 5.54 Å². The van der Waals surface area contributed by atoms with Crippen molar-refractivity contribution in [2.24, 2.45) is 11.3 Å². The van der Waals surface area contributed by atoms with Gasteiger partial charge in [-0.25, -0.2) is 0 Å². The Morgan fingerprint density at radius 3 is 2.53 bits per heavy atom. The molecular weight excluding hydrogens is 234 g/mol. The molecule has 0 radical (unpaired) electrons. The number of methoxy groups -OCH3 is 1. The summed E-state index contributed by atoms with van der Waals surface area (Å²) in [5, 5.41) is 3.45. The topological polar surface area (TPSA) is 38.3 Å². The van der Waals surface area contributed by atoms with Gasteiger partial charge in [0.25, 0.3) is 0 Å². The molecular formula is C13H25NO2S. The molecule has 0 bridgehead atoms. The van der Waals surface area contributed by atoms with Crippen molar-refractivity contribution >= 4 is 17.7 Å². The number of thioether (sulfide) groups is 1. The van der Waals surface area contributed by atoms with Crippen LogP contribution in [0.2, 0.25) is 0 Å². The molecule has 1 saturated heterocycles. The van der Waals surface area contributed by atoms with E-state index >= 15 is 0 Å². The fraction of sp³-hybridized carbons (Fsp3) is 0.923. The highest BCUT2D eigenvalue weighted by Gasteiger charge is 2.46. The lowest BCUT2D eigenvalue weighted by Gasteiger charge is -2.43. The maximum Gasteiger partial charge on any atom is 0.326 e. The first-order chi connectivity index (χ1) is 7.81. The van der Waals surface area contributed by atoms with Crippen molar-refractivity contribution in [1.82, 2.24) is 5.32 Å². The van der Waals surface area contributed by atoms with Crippen LogP contribution in [0, 0.1) is 11.3 Å². The van der Waals surface area contributed by atoms with E-state index in [1.807, 2.05) is 11.8 Å². The molecule has 0 amide bonds. The van der Waals surface area contributed by atoms with Crippen LogP contribution in [0.5, 0.6) is 0 Å². The van der Waals surface area contributed by atoms with E-state index in [2.05, 4.69) is 33.0 Å². The summed E-state index contributed by atoms with van der Waals surface area (Å²) < 4.78 is 5.00. The van der Waals surface area contributed by atoms with Crippen molar-refractivity contribution in [1.29, 1.82) is 0 Å². The number of hydrogen-bond donors (Lipinski definition) is 1. The van der Waals surface area contributed by atoms with Crippen molar-refractivity contribution in [3.8, 4) is 0 Å². The van der Waals surface area contributed by atoms with Gasteiger partial charge in [0, 0.05) is 5.75 Å². The summed E-state index contributed by atoms with van der Waals surface area (Å²) in [6, 6.07) is 0. The van der Waals surface area contributed by atoms with Gasteiger partial charge in [0.15, 0.2) is 0 Å². The van der Waals surface area contributed by atoms with E-state index in [-0.39, 0.29) is 11.4 Å². The third-order valence-corrected chi connectivity index (χ3v) is 4.73. The second-order valence-electron chi connectivity index (χ2n) is 6.18. The molecule has 1 heterocycles. The van der Waals surface area contributed by atoms with Crippen molar-refractivity contribution in [3.05, 3.63) is 0 Å². The number of carbonyl (C=O) groups is 1. The summed E-state index contributed by atoms with van der Waals surface area (Å²) >= 11 is 1.84. The predicted molar refractivity (Wildman–Crippen MR) is 73.3 cm³/mol. The first kappa shape index (κ1) is 14.8. The summed E-state index contributed by atoms with van der Waals surface area (Å²) in [5.74, 6) is 2.34. The van der Waals surface area contributed by atoms with Crippen LogP contribution in [0.4, 0.5) is 0 Å². The van der Waals surface area contributed by atoms with Crippen LogP contribution in [0.25, 0.3) is 0 Å². The average molecular weight is 259 g/mol. The molecule has 0 saturated carbocycles. The van der Waals surface area contributed by atoms with E-state index in [1.54, 1.807) is 0 Å².